The fraction of sp³-hybridized carbons (Fsp3) is 0.667. The number of carbonyl (C=O) groups excluding carboxylic acids is 3. The second kappa shape index (κ2) is 25.3. The molecule has 176 valence electrons. The van der Waals surface area contributed by atoms with Crippen LogP contribution in [0.2, 0.25) is 0 Å². The summed E-state index contributed by atoms with van der Waals surface area (Å²) in [5.74, 6) is 1.16. The Morgan fingerprint density at radius 1 is 0.967 bits per heavy atom. The van der Waals surface area contributed by atoms with Crippen LogP contribution in [0.4, 0.5) is 0 Å². The zero-order valence-corrected chi connectivity index (χ0v) is 21.9. The molecule has 0 bridgehead atoms. The van der Waals surface area contributed by atoms with Crippen molar-refractivity contribution in [1.29, 1.82) is 0 Å². The van der Waals surface area contributed by atoms with Crippen LogP contribution < -0.4 is 0 Å². The van der Waals surface area contributed by atoms with Crippen LogP contribution in [0.15, 0.2) is 36.0 Å². The quantitative estimate of drug-likeness (QED) is 0.250. The van der Waals surface area contributed by atoms with Crippen molar-refractivity contribution in [2.45, 2.75) is 108 Å². The zero-order valence-electron chi connectivity index (χ0n) is 21.9. The molecule has 1 unspecified atom stereocenters. The Kier molecular flexibility index (Phi) is 30.0. The molecule has 0 fully saturated rings. The summed E-state index contributed by atoms with van der Waals surface area (Å²) in [6.45, 7) is 25.1. The Morgan fingerprint density at radius 3 is 1.80 bits per heavy atom. The van der Waals surface area contributed by atoms with Crippen LogP contribution in [0.25, 0.3) is 0 Å². The number of ketones is 3. The fourth-order valence-electron chi connectivity index (χ4n) is 2.11. The van der Waals surface area contributed by atoms with E-state index in [0.29, 0.717) is 25.2 Å². The molecule has 0 spiro atoms. The van der Waals surface area contributed by atoms with Crippen molar-refractivity contribution in [2.24, 2.45) is 11.8 Å². The Bertz CT molecular complexity index is 524. The van der Waals surface area contributed by atoms with Crippen LogP contribution in [0.1, 0.15) is 108 Å². The van der Waals surface area contributed by atoms with Crippen molar-refractivity contribution in [3.8, 4) is 0 Å². The molecule has 0 rings (SSSR count). The van der Waals surface area contributed by atoms with Gasteiger partial charge in [0.25, 0.3) is 0 Å². The maximum atomic E-state index is 11.4. The average molecular weight is 423 g/mol. The van der Waals surface area contributed by atoms with Gasteiger partial charge >= 0.3 is 0 Å². The Balaban J connectivity index is -0.000000199. The summed E-state index contributed by atoms with van der Waals surface area (Å²) in [6.07, 6.45) is 9.53. The molecular weight excluding hydrogens is 372 g/mol. The van der Waals surface area contributed by atoms with Gasteiger partial charge in [-0.25, -0.2) is 0 Å². The van der Waals surface area contributed by atoms with Crippen LogP contribution in [0.3, 0.4) is 0 Å². The highest BCUT2D eigenvalue weighted by Gasteiger charge is 2.10. The summed E-state index contributed by atoms with van der Waals surface area (Å²) in [5.41, 5.74) is 1.71. The van der Waals surface area contributed by atoms with E-state index in [-0.39, 0.29) is 23.3 Å². The highest BCUT2D eigenvalue weighted by atomic mass is 16.1. The molecule has 0 radical (unpaired) electrons. The van der Waals surface area contributed by atoms with Crippen LogP contribution in [-0.4, -0.2) is 17.3 Å². The Hall–Kier alpha value is -1.77. The maximum Gasteiger partial charge on any atom is 0.160 e. The molecule has 0 saturated heterocycles. The first kappa shape index (κ1) is 35.7. The summed E-state index contributed by atoms with van der Waals surface area (Å²) in [6, 6.07) is 0. The summed E-state index contributed by atoms with van der Waals surface area (Å²) in [4.78, 5) is 33.0. The largest absolute Gasteiger partial charge is 0.300 e. The SMILES string of the molecule is C=C(C[C@H](C)CC)/C(=C\C=C/C)C(C)=O.CC.CC.CCC(=O)CCC(C)C(C)=O. The van der Waals surface area contributed by atoms with E-state index in [4.69, 9.17) is 0 Å². The van der Waals surface area contributed by atoms with Gasteiger partial charge in [-0.2, -0.15) is 0 Å². The number of Topliss-reactive ketones (excluding diaryl/α,β-unsaturated/α-hetero) is 3. The van der Waals surface area contributed by atoms with Gasteiger partial charge in [0.05, 0.1) is 0 Å². The second-order valence-electron chi connectivity index (χ2n) is 6.93. The minimum Gasteiger partial charge on any atom is -0.300 e. The van der Waals surface area contributed by atoms with Crippen molar-refractivity contribution >= 4 is 17.3 Å². The monoisotopic (exact) mass is 422 g/mol. The van der Waals surface area contributed by atoms with E-state index in [2.05, 4.69) is 20.4 Å². The second-order valence-corrected chi connectivity index (χ2v) is 6.93. The van der Waals surface area contributed by atoms with Crippen LogP contribution in [0, 0.1) is 11.8 Å². The van der Waals surface area contributed by atoms with E-state index in [1.807, 2.05) is 66.7 Å². The number of carbonyl (C=O) groups is 3. The molecular formula is C27H50O3. The molecule has 0 N–H and O–H groups in total. The van der Waals surface area contributed by atoms with E-state index in [1.165, 1.54) is 0 Å². The van der Waals surface area contributed by atoms with E-state index >= 15 is 0 Å². The van der Waals surface area contributed by atoms with Crippen molar-refractivity contribution in [3.63, 3.8) is 0 Å². The molecule has 3 nitrogen and oxygen atoms in total. The van der Waals surface area contributed by atoms with Crippen LogP contribution in [0.5, 0.6) is 0 Å². The standard InChI is InChI=1S/C14H22O.C9H16O2.2C2H6/c1-6-8-9-14(13(5)15)12(4)10-11(3)7-2;1-4-9(11)6-5-7(2)8(3)10;2*1-2/h6,8-9,11H,4,7,10H2,1-3,5H3;7H,4-6H2,1-3H3;2*1-2H3/b8-6-,14-9+;;;/t11-;;;/m1.../s1. The van der Waals surface area contributed by atoms with E-state index in [0.717, 1.165) is 24.0 Å². The average Bonchev–Trinajstić information content (AvgIpc) is 2.74. The van der Waals surface area contributed by atoms with E-state index < -0.39 is 0 Å². The summed E-state index contributed by atoms with van der Waals surface area (Å²) < 4.78 is 0. The molecule has 3 heteroatoms. The fourth-order valence-corrected chi connectivity index (χ4v) is 2.11. The maximum absolute atomic E-state index is 11.4. The van der Waals surface area contributed by atoms with Crippen LogP contribution >= 0.6 is 0 Å². The molecule has 0 aliphatic heterocycles. The third-order valence-electron chi connectivity index (χ3n) is 4.45. The molecule has 2 atom stereocenters. The summed E-state index contributed by atoms with van der Waals surface area (Å²) >= 11 is 0. The molecule has 0 aromatic rings. The third kappa shape index (κ3) is 22.5. The van der Waals surface area contributed by atoms with Gasteiger partial charge in [0, 0.05) is 24.3 Å². The molecule has 0 aliphatic rings. The summed E-state index contributed by atoms with van der Waals surface area (Å²) in [7, 11) is 0. The Labute approximate surface area is 188 Å². The van der Waals surface area contributed by atoms with Gasteiger partial charge in [0.2, 0.25) is 0 Å². The zero-order chi connectivity index (χ0) is 24.7. The lowest BCUT2D eigenvalue weighted by Gasteiger charge is -2.12. The lowest BCUT2D eigenvalue weighted by atomic mass is 9.93. The molecule has 0 aliphatic carbocycles. The molecule has 0 saturated carbocycles. The summed E-state index contributed by atoms with van der Waals surface area (Å²) in [5, 5.41) is 0. The molecule has 0 heterocycles. The minimum absolute atomic E-state index is 0.0468. The normalized spacial score (nSPS) is 12.2. The van der Waals surface area contributed by atoms with Crippen molar-refractivity contribution in [3.05, 3.63) is 36.0 Å². The van der Waals surface area contributed by atoms with Crippen molar-refractivity contribution in [2.75, 3.05) is 0 Å². The molecule has 0 amide bonds. The first-order valence-electron chi connectivity index (χ1n) is 11.6. The predicted octanol–water partition coefficient (Wildman–Crippen LogP) is 8.09. The first-order valence-corrected chi connectivity index (χ1v) is 11.6. The first-order chi connectivity index (χ1) is 14.1. The minimum atomic E-state index is 0.0468. The van der Waals surface area contributed by atoms with Gasteiger partial charge in [0.15, 0.2) is 5.78 Å². The van der Waals surface area contributed by atoms with Gasteiger partial charge in [-0.3, -0.25) is 14.4 Å². The predicted molar refractivity (Wildman–Crippen MR) is 134 cm³/mol. The number of hydrogen-bond acceptors (Lipinski definition) is 3. The number of rotatable bonds is 11. The molecule has 0 aromatic carbocycles. The van der Waals surface area contributed by atoms with Crippen LogP contribution in [-0.2, 0) is 14.4 Å². The molecule has 0 aromatic heterocycles. The topological polar surface area (TPSA) is 51.2 Å². The van der Waals surface area contributed by atoms with Gasteiger partial charge in [-0.05, 0) is 45.1 Å². The lowest BCUT2D eigenvalue weighted by Crippen LogP contribution is -2.08. The number of allylic oxidation sites excluding steroid dienone is 5. The van der Waals surface area contributed by atoms with E-state index in [9.17, 15) is 14.4 Å². The highest BCUT2D eigenvalue weighted by molar-refractivity contribution is 5.97. The van der Waals surface area contributed by atoms with Gasteiger partial charge in [-0.1, -0.05) is 86.6 Å². The third-order valence-corrected chi connectivity index (χ3v) is 4.45. The molecule has 30 heavy (non-hydrogen) atoms. The van der Waals surface area contributed by atoms with E-state index in [1.54, 1.807) is 13.8 Å². The highest BCUT2D eigenvalue weighted by Crippen LogP contribution is 2.20. The lowest BCUT2D eigenvalue weighted by molar-refractivity contribution is -0.121. The van der Waals surface area contributed by atoms with Crippen molar-refractivity contribution in [1.82, 2.24) is 0 Å². The Morgan fingerprint density at radius 2 is 1.47 bits per heavy atom. The van der Waals surface area contributed by atoms with Gasteiger partial charge in [0.1, 0.15) is 11.6 Å². The van der Waals surface area contributed by atoms with Crippen molar-refractivity contribution < 1.29 is 14.4 Å². The number of hydrogen-bond donors (Lipinski definition) is 0. The van der Waals surface area contributed by atoms with Gasteiger partial charge in [-0.15, -0.1) is 0 Å². The van der Waals surface area contributed by atoms with Gasteiger partial charge < -0.3 is 0 Å². The smallest absolute Gasteiger partial charge is 0.160 e.